The second kappa shape index (κ2) is 8.87. The van der Waals surface area contributed by atoms with Gasteiger partial charge in [-0.2, -0.15) is 9.41 Å². The number of nitrogens with one attached hydrogen (secondary N) is 1. The van der Waals surface area contributed by atoms with E-state index in [1.165, 1.54) is 16.4 Å². The Kier molecular flexibility index (Phi) is 6.48. The molecule has 0 spiro atoms. The van der Waals surface area contributed by atoms with Crippen LogP contribution in [0.5, 0.6) is 0 Å². The van der Waals surface area contributed by atoms with Gasteiger partial charge in [-0.05, 0) is 25.1 Å². The third-order valence-electron chi connectivity index (χ3n) is 4.38. The average molecular weight is 439 g/mol. The van der Waals surface area contributed by atoms with Crippen LogP contribution in [-0.4, -0.2) is 49.7 Å². The van der Waals surface area contributed by atoms with Crippen molar-refractivity contribution in [3.05, 3.63) is 63.2 Å². The fraction of sp³-hybridized carbons (Fsp3) is 0.278. The van der Waals surface area contributed by atoms with Crippen LogP contribution in [-0.2, 0) is 14.8 Å². The van der Waals surface area contributed by atoms with Gasteiger partial charge in [-0.15, -0.1) is 0 Å². The molecular formula is C18H19ClN4O5S. The van der Waals surface area contributed by atoms with Gasteiger partial charge in [0, 0.05) is 29.7 Å². The summed E-state index contributed by atoms with van der Waals surface area (Å²) in [5.41, 5.74) is 3.52. The molecule has 11 heteroatoms. The smallest absolute Gasteiger partial charge is 0.295 e. The molecule has 0 atom stereocenters. The normalized spacial score (nSPS) is 15.9. The molecule has 0 bridgehead atoms. The molecule has 0 aliphatic carbocycles. The summed E-state index contributed by atoms with van der Waals surface area (Å²) in [6, 6.07) is 10.8. The minimum absolute atomic E-state index is 0.0716. The van der Waals surface area contributed by atoms with Crippen LogP contribution in [0.2, 0.25) is 5.02 Å². The lowest BCUT2D eigenvalue weighted by molar-refractivity contribution is -0.384. The van der Waals surface area contributed by atoms with Crippen molar-refractivity contribution in [3.63, 3.8) is 0 Å². The molecule has 154 valence electrons. The van der Waals surface area contributed by atoms with Crippen molar-refractivity contribution in [2.45, 2.75) is 11.8 Å². The number of hydrazone groups is 1. The van der Waals surface area contributed by atoms with Crippen LogP contribution in [0, 0.1) is 10.1 Å². The maximum Gasteiger partial charge on any atom is 0.295 e. The van der Waals surface area contributed by atoms with Gasteiger partial charge in [0.1, 0.15) is 5.69 Å². The van der Waals surface area contributed by atoms with Gasteiger partial charge >= 0.3 is 0 Å². The predicted octanol–water partition coefficient (Wildman–Crippen LogP) is 3.11. The third-order valence-corrected chi connectivity index (χ3v) is 6.61. The molecule has 1 N–H and O–H groups in total. The highest BCUT2D eigenvalue weighted by atomic mass is 35.5. The van der Waals surface area contributed by atoms with Gasteiger partial charge in [0.2, 0.25) is 10.0 Å². The second-order valence-electron chi connectivity index (χ2n) is 6.24. The van der Waals surface area contributed by atoms with Crippen molar-refractivity contribution in [1.82, 2.24) is 4.31 Å². The molecule has 2 aromatic carbocycles. The quantitative estimate of drug-likeness (QED) is 0.421. The lowest BCUT2D eigenvalue weighted by Gasteiger charge is -2.26. The van der Waals surface area contributed by atoms with E-state index in [4.69, 9.17) is 16.3 Å². The number of hydrogen-bond donors (Lipinski definition) is 1. The topological polar surface area (TPSA) is 114 Å². The largest absolute Gasteiger partial charge is 0.379 e. The predicted molar refractivity (Wildman–Crippen MR) is 110 cm³/mol. The Morgan fingerprint density at radius 3 is 2.59 bits per heavy atom. The summed E-state index contributed by atoms with van der Waals surface area (Å²) in [6.45, 7) is 2.69. The van der Waals surface area contributed by atoms with E-state index >= 15 is 0 Å². The van der Waals surface area contributed by atoms with E-state index in [-0.39, 0.29) is 36.9 Å². The molecule has 0 radical (unpaired) electrons. The molecular weight excluding hydrogens is 420 g/mol. The molecule has 0 saturated carbocycles. The van der Waals surface area contributed by atoms with Crippen molar-refractivity contribution in [2.75, 3.05) is 31.7 Å². The molecule has 1 aliphatic rings. The van der Waals surface area contributed by atoms with Crippen LogP contribution in [0.15, 0.2) is 52.5 Å². The summed E-state index contributed by atoms with van der Waals surface area (Å²) < 4.78 is 31.9. The number of ether oxygens (including phenoxy) is 1. The monoisotopic (exact) mass is 438 g/mol. The van der Waals surface area contributed by atoms with E-state index in [1.807, 2.05) is 0 Å². The third kappa shape index (κ3) is 4.73. The number of hydrogen-bond acceptors (Lipinski definition) is 7. The Morgan fingerprint density at radius 2 is 1.93 bits per heavy atom. The van der Waals surface area contributed by atoms with Gasteiger partial charge in [-0.1, -0.05) is 29.8 Å². The summed E-state index contributed by atoms with van der Waals surface area (Å²) in [5.74, 6) is 0. The SMILES string of the molecule is C/C(=N/Nc1ccc(S(=O)(=O)N2CCOCC2)cc1[N+](=O)[O-])c1ccccc1Cl. The summed E-state index contributed by atoms with van der Waals surface area (Å²) in [6.07, 6.45) is 0. The number of morpholine rings is 1. The van der Waals surface area contributed by atoms with Gasteiger partial charge in [0.05, 0.1) is 28.7 Å². The summed E-state index contributed by atoms with van der Waals surface area (Å²) in [5, 5.41) is 16.2. The van der Waals surface area contributed by atoms with Crippen LogP contribution < -0.4 is 5.43 Å². The Morgan fingerprint density at radius 1 is 1.24 bits per heavy atom. The number of halogens is 1. The number of nitro benzene ring substituents is 1. The zero-order valence-corrected chi connectivity index (χ0v) is 17.1. The molecule has 2 aromatic rings. The molecule has 1 heterocycles. The zero-order valence-electron chi connectivity index (χ0n) is 15.5. The molecule has 29 heavy (non-hydrogen) atoms. The molecule has 0 unspecified atom stereocenters. The van der Waals surface area contributed by atoms with Crippen molar-refractivity contribution >= 4 is 38.7 Å². The number of benzene rings is 2. The van der Waals surface area contributed by atoms with Crippen LogP contribution >= 0.6 is 11.6 Å². The lowest BCUT2D eigenvalue weighted by atomic mass is 10.1. The molecule has 1 aliphatic heterocycles. The van der Waals surface area contributed by atoms with Crippen LogP contribution in [0.25, 0.3) is 0 Å². The molecule has 0 aromatic heterocycles. The van der Waals surface area contributed by atoms with Gasteiger partial charge in [-0.3, -0.25) is 15.5 Å². The van der Waals surface area contributed by atoms with Crippen molar-refractivity contribution in [1.29, 1.82) is 0 Å². The van der Waals surface area contributed by atoms with Crippen molar-refractivity contribution < 1.29 is 18.1 Å². The molecule has 0 amide bonds. The van der Waals surface area contributed by atoms with E-state index in [1.54, 1.807) is 31.2 Å². The zero-order chi connectivity index (χ0) is 21.0. The molecule has 1 fully saturated rings. The number of rotatable bonds is 6. The Balaban J connectivity index is 1.90. The highest BCUT2D eigenvalue weighted by Gasteiger charge is 2.28. The summed E-state index contributed by atoms with van der Waals surface area (Å²) in [4.78, 5) is 10.7. The summed E-state index contributed by atoms with van der Waals surface area (Å²) >= 11 is 6.13. The van der Waals surface area contributed by atoms with E-state index in [2.05, 4.69) is 10.5 Å². The molecule has 1 saturated heterocycles. The molecule has 9 nitrogen and oxygen atoms in total. The first kappa shape index (κ1) is 21.2. The first-order chi connectivity index (χ1) is 13.8. The van der Waals surface area contributed by atoms with Gasteiger partial charge in [0.15, 0.2) is 0 Å². The maximum atomic E-state index is 12.7. The maximum absolute atomic E-state index is 12.7. The highest BCUT2D eigenvalue weighted by Crippen LogP contribution is 2.29. The number of nitro groups is 1. The fourth-order valence-electron chi connectivity index (χ4n) is 2.81. The number of sulfonamides is 1. The van der Waals surface area contributed by atoms with Crippen molar-refractivity contribution in [3.8, 4) is 0 Å². The minimum atomic E-state index is -3.85. The van der Waals surface area contributed by atoms with Crippen LogP contribution in [0.4, 0.5) is 11.4 Å². The van der Waals surface area contributed by atoms with E-state index in [0.717, 1.165) is 6.07 Å². The number of nitrogens with zero attached hydrogens (tertiary/aromatic N) is 3. The lowest BCUT2D eigenvalue weighted by Crippen LogP contribution is -2.40. The number of anilines is 1. The van der Waals surface area contributed by atoms with E-state index < -0.39 is 20.6 Å². The fourth-order valence-corrected chi connectivity index (χ4v) is 4.51. The molecule has 3 rings (SSSR count). The minimum Gasteiger partial charge on any atom is -0.379 e. The second-order valence-corrected chi connectivity index (χ2v) is 8.59. The van der Waals surface area contributed by atoms with Gasteiger partial charge < -0.3 is 4.74 Å². The Labute approximate surface area is 173 Å². The summed E-state index contributed by atoms with van der Waals surface area (Å²) in [7, 11) is -3.85. The van der Waals surface area contributed by atoms with E-state index in [0.29, 0.717) is 16.3 Å². The first-order valence-corrected chi connectivity index (χ1v) is 10.5. The van der Waals surface area contributed by atoms with Gasteiger partial charge in [0.25, 0.3) is 5.69 Å². The van der Waals surface area contributed by atoms with Crippen LogP contribution in [0.1, 0.15) is 12.5 Å². The van der Waals surface area contributed by atoms with Gasteiger partial charge in [-0.25, -0.2) is 8.42 Å². The average Bonchev–Trinajstić information content (AvgIpc) is 2.72. The first-order valence-electron chi connectivity index (χ1n) is 8.72. The van der Waals surface area contributed by atoms with Crippen molar-refractivity contribution in [2.24, 2.45) is 5.10 Å². The standard InChI is InChI=1S/C18H19ClN4O5S/c1-13(15-4-2-3-5-16(15)19)20-21-17-7-6-14(12-18(17)23(24)25)29(26,27)22-8-10-28-11-9-22/h2-7,12,21H,8-11H2,1H3/b20-13-. The van der Waals surface area contributed by atoms with Crippen LogP contribution in [0.3, 0.4) is 0 Å². The Bertz CT molecular complexity index is 1050. The van der Waals surface area contributed by atoms with E-state index in [9.17, 15) is 18.5 Å². The highest BCUT2D eigenvalue weighted by molar-refractivity contribution is 7.89. The Hall–Kier alpha value is -2.53.